The lowest BCUT2D eigenvalue weighted by Crippen LogP contribution is -2.56. The number of likely N-dealkylation sites (N-methyl/N-ethyl adjacent to an activating group) is 1. The van der Waals surface area contributed by atoms with Gasteiger partial charge in [-0.25, -0.2) is 0 Å². The third kappa shape index (κ3) is 3.48. The van der Waals surface area contributed by atoms with Crippen molar-refractivity contribution < 1.29 is 19.5 Å². The molecule has 2 saturated heterocycles. The van der Waals surface area contributed by atoms with Gasteiger partial charge in [0.1, 0.15) is 6.04 Å². The minimum atomic E-state index is -0.864. The summed E-state index contributed by atoms with van der Waals surface area (Å²) >= 11 is 1.57. The number of carbonyl (C=O) groups excluding carboxylic acids is 3. The van der Waals surface area contributed by atoms with E-state index in [1.807, 2.05) is 63.3 Å². The van der Waals surface area contributed by atoms with Crippen molar-refractivity contribution in [3.05, 3.63) is 53.6 Å². The standard InChI is InChI=1S/C27H33N3O4S/c1-5-18(15-31)30-23-26(34)29(19-14-16(2)9-10-17(19)3)13-7-11-27(23)22(25(30)33)21-20(35-27)8-6-12-28(4)24(21)32/h6-11,14,18,20-23,31H,5,12-13,15H2,1-4H3/t18-,20-,21+,22-,23?,27-/m0/s1. The summed E-state index contributed by atoms with van der Waals surface area (Å²) in [4.78, 5) is 47.1. The Morgan fingerprint density at radius 1 is 1.11 bits per heavy atom. The van der Waals surface area contributed by atoms with E-state index in [4.69, 9.17) is 0 Å². The van der Waals surface area contributed by atoms with E-state index >= 15 is 0 Å². The second-order valence-corrected chi connectivity index (χ2v) is 11.6. The number of aliphatic hydroxyl groups excluding tert-OH is 1. The molecule has 1 unspecified atom stereocenters. The largest absolute Gasteiger partial charge is 0.394 e. The molecular formula is C27H33N3O4S. The highest BCUT2D eigenvalue weighted by Gasteiger charge is 2.71. The van der Waals surface area contributed by atoms with E-state index in [1.165, 1.54) is 0 Å². The average molecular weight is 496 g/mol. The lowest BCUT2D eigenvalue weighted by atomic mass is 9.78. The van der Waals surface area contributed by atoms with Crippen molar-refractivity contribution in [2.45, 2.75) is 49.3 Å². The molecule has 0 bridgehead atoms. The minimum Gasteiger partial charge on any atom is -0.394 e. The fraction of sp³-hybridized carbons (Fsp3) is 0.519. The summed E-state index contributed by atoms with van der Waals surface area (Å²) < 4.78 is -0.864. The second-order valence-electron chi connectivity index (χ2n) is 10.1. The number of aliphatic hydroxyl groups is 1. The van der Waals surface area contributed by atoms with Crippen molar-refractivity contribution in [1.29, 1.82) is 0 Å². The number of fused-ring (bicyclic) bond motifs is 2. The molecule has 7 nitrogen and oxygen atoms in total. The number of amides is 3. The Morgan fingerprint density at radius 2 is 1.89 bits per heavy atom. The number of likely N-dealkylation sites (tertiary alicyclic amines) is 1. The van der Waals surface area contributed by atoms with Crippen molar-refractivity contribution in [2.24, 2.45) is 11.8 Å². The van der Waals surface area contributed by atoms with E-state index in [1.54, 1.807) is 33.5 Å². The second kappa shape index (κ2) is 8.82. The van der Waals surface area contributed by atoms with Gasteiger partial charge < -0.3 is 19.8 Å². The molecular weight excluding hydrogens is 462 g/mol. The molecule has 3 amide bonds. The first-order valence-electron chi connectivity index (χ1n) is 12.3. The Morgan fingerprint density at radius 3 is 2.60 bits per heavy atom. The van der Waals surface area contributed by atoms with Crippen LogP contribution >= 0.6 is 11.8 Å². The van der Waals surface area contributed by atoms with Gasteiger partial charge in [0.25, 0.3) is 5.91 Å². The van der Waals surface area contributed by atoms with Crippen LogP contribution in [0.25, 0.3) is 0 Å². The molecule has 0 aromatic heterocycles. The Hall–Kier alpha value is -2.58. The summed E-state index contributed by atoms with van der Waals surface area (Å²) in [6, 6.07) is 4.76. The predicted molar refractivity (Wildman–Crippen MR) is 137 cm³/mol. The van der Waals surface area contributed by atoms with Gasteiger partial charge in [0.05, 0.1) is 29.2 Å². The highest BCUT2D eigenvalue weighted by molar-refractivity contribution is 8.02. The number of nitrogens with zero attached hydrogens (tertiary/aromatic N) is 3. The number of carbonyl (C=O) groups is 3. The number of aryl methyl sites for hydroxylation is 2. The van der Waals surface area contributed by atoms with Gasteiger partial charge in [0, 0.05) is 31.1 Å². The van der Waals surface area contributed by atoms with Crippen molar-refractivity contribution in [3.63, 3.8) is 0 Å². The molecule has 4 aliphatic heterocycles. The van der Waals surface area contributed by atoms with Gasteiger partial charge >= 0.3 is 0 Å². The molecule has 6 atom stereocenters. The molecule has 0 radical (unpaired) electrons. The van der Waals surface area contributed by atoms with Gasteiger partial charge in [-0.15, -0.1) is 11.8 Å². The van der Waals surface area contributed by atoms with Crippen molar-refractivity contribution in [3.8, 4) is 0 Å². The number of benzene rings is 1. The Labute approximate surface area is 210 Å². The molecule has 35 heavy (non-hydrogen) atoms. The molecule has 0 aliphatic carbocycles. The summed E-state index contributed by atoms with van der Waals surface area (Å²) in [5.74, 6) is -1.60. The smallest absolute Gasteiger partial charge is 0.251 e. The first kappa shape index (κ1) is 24.1. The van der Waals surface area contributed by atoms with E-state index < -0.39 is 28.7 Å². The monoisotopic (exact) mass is 495 g/mol. The maximum atomic E-state index is 14.4. The number of thioether (sulfide) groups is 1. The molecule has 8 heteroatoms. The zero-order valence-electron chi connectivity index (χ0n) is 20.7. The summed E-state index contributed by atoms with van der Waals surface area (Å²) in [7, 11) is 1.76. The van der Waals surface area contributed by atoms with E-state index in [2.05, 4.69) is 0 Å². The van der Waals surface area contributed by atoms with E-state index in [9.17, 15) is 19.5 Å². The van der Waals surface area contributed by atoms with Crippen LogP contribution in [-0.2, 0) is 14.4 Å². The van der Waals surface area contributed by atoms with E-state index in [0.717, 1.165) is 16.8 Å². The van der Waals surface area contributed by atoms with Crippen LogP contribution in [0.2, 0.25) is 0 Å². The van der Waals surface area contributed by atoms with E-state index in [0.29, 0.717) is 19.5 Å². The molecule has 0 saturated carbocycles. The number of hydrogen-bond acceptors (Lipinski definition) is 5. The van der Waals surface area contributed by atoms with E-state index in [-0.39, 0.29) is 29.6 Å². The molecule has 4 heterocycles. The van der Waals surface area contributed by atoms with Gasteiger partial charge in [-0.3, -0.25) is 14.4 Å². The van der Waals surface area contributed by atoms with Gasteiger partial charge in [-0.1, -0.05) is 43.4 Å². The zero-order chi connectivity index (χ0) is 25.1. The lowest BCUT2D eigenvalue weighted by Gasteiger charge is -2.38. The summed E-state index contributed by atoms with van der Waals surface area (Å²) in [5, 5.41) is 10.0. The van der Waals surface area contributed by atoms with Crippen LogP contribution in [0, 0.1) is 25.7 Å². The molecule has 1 aromatic rings. The summed E-state index contributed by atoms with van der Waals surface area (Å²) in [6.07, 6.45) is 8.55. The maximum absolute atomic E-state index is 14.4. The third-order valence-electron chi connectivity index (χ3n) is 8.03. The highest BCUT2D eigenvalue weighted by atomic mass is 32.2. The Bertz CT molecular complexity index is 1130. The number of hydrogen-bond donors (Lipinski definition) is 1. The molecule has 4 aliphatic rings. The normalized spacial score (nSPS) is 32.9. The maximum Gasteiger partial charge on any atom is 0.251 e. The molecule has 1 aromatic carbocycles. The average Bonchev–Trinajstić information content (AvgIpc) is 3.16. The lowest BCUT2D eigenvalue weighted by molar-refractivity contribution is -0.144. The quantitative estimate of drug-likeness (QED) is 0.649. The Kier molecular flexibility index (Phi) is 6.08. The fourth-order valence-corrected chi connectivity index (χ4v) is 8.23. The van der Waals surface area contributed by atoms with Crippen LogP contribution in [0.1, 0.15) is 24.5 Å². The highest BCUT2D eigenvalue weighted by Crippen LogP contribution is 2.61. The number of rotatable bonds is 4. The van der Waals surface area contributed by atoms with Gasteiger partial charge in [-0.05, 0) is 37.5 Å². The van der Waals surface area contributed by atoms with Crippen LogP contribution in [0.15, 0.2) is 42.5 Å². The van der Waals surface area contributed by atoms with Gasteiger partial charge in [-0.2, -0.15) is 0 Å². The Balaban J connectivity index is 1.67. The van der Waals surface area contributed by atoms with Gasteiger partial charge in [0.15, 0.2) is 0 Å². The first-order chi connectivity index (χ1) is 16.7. The first-order valence-corrected chi connectivity index (χ1v) is 13.2. The fourth-order valence-electron chi connectivity index (χ4n) is 6.24. The predicted octanol–water partition coefficient (Wildman–Crippen LogP) is 2.30. The van der Waals surface area contributed by atoms with Crippen molar-refractivity contribution in [2.75, 3.05) is 31.6 Å². The molecule has 5 rings (SSSR count). The topological polar surface area (TPSA) is 81.2 Å². The molecule has 186 valence electrons. The summed E-state index contributed by atoms with van der Waals surface area (Å²) in [5.41, 5.74) is 2.87. The van der Waals surface area contributed by atoms with Gasteiger partial charge in [0.2, 0.25) is 11.8 Å². The molecule has 1 N–H and O–H groups in total. The minimum absolute atomic E-state index is 0.0585. The van der Waals surface area contributed by atoms with Crippen LogP contribution in [0.3, 0.4) is 0 Å². The van der Waals surface area contributed by atoms with Crippen LogP contribution < -0.4 is 4.90 Å². The molecule has 2 fully saturated rings. The van der Waals surface area contributed by atoms with Crippen molar-refractivity contribution in [1.82, 2.24) is 9.80 Å². The van der Waals surface area contributed by atoms with Crippen molar-refractivity contribution >= 4 is 35.2 Å². The molecule has 1 spiro atoms. The summed E-state index contributed by atoms with van der Waals surface area (Å²) in [6.45, 7) is 6.57. The number of anilines is 1. The SMILES string of the molecule is CC[C@@H](CO)N1C(=O)[C@@H]2[C@@H]3C(=O)N(C)CC=C[C@@H]3S[C@@]23C=CCN(c2cc(C)ccc2C)C(=O)C13. The third-order valence-corrected chi connectivity index (χ3v) is 9.77. The van der Waals surface area contributed by atoms with Crippen LogP contribution in [-0.4, -0.2) is 81.5 Å². The zero-order valence-corrected chi connectivity index (χ0v) is 21.5. The van der Waals surface area contributed by atoms with Crippen LogP contribution in [0.5, 0.6) is 0 Å². The van der Waals surface area contributed by atoms with Crippen LogP contribution in [0.4, 0.5) is 5.69 Å².